The summed E-state index contributed by atoms with van der Waals surface area (Å²) in [5.74, 6) is 0.235. The fourth-order valence-corrected chi connectivity index (χ4v) is 2.62. The van der Waals surface area contributed by atoms with Crippen LogP contribution in [0.15, 0.2) is 39.5 Å². The number of fused-ring (bicyclic) bond motifs is 1. The maximum absolute atomic E-state index is 12.8. The predicted molar refractivity (Wildman–Crippen MR) is 90.9 cm³/mol. The highest BCUT2D eigenvalue weighted by Crippen LogP contribution is 2.43. The van der Waals surface area contributed by atoms with Crippen LogP contribution in [0.5, 0.6) is 28.7 Å². The molecule has 7 nitrogen and oxygen atoms in total. The number of ether oxygens (including phenoxy) is 3. The van der Waals surface area contributed by atoms with Crippen LogP contribution in [0.2, 0.25) is 0 Å². The molecule has 0 unspecified atom stereocenters. The lowest BCUT2D eigenvalue weighted by Gasteiger charge is -2.14. The molecule has 1 heterocycles. The van der Waals surface area contributed by atoms with Crippen LogP contribution in [0.1, 0.15) is 0 Å². The van der Waals surface area contributed by atoms with Gasteiger partial charge in [0.25, 0.3) is 0 Å². The molecule has 0 saturated carbocycles. The molecular weight excluding hydrogens is 328 g/mol. The third-order valence-electron chi connectivity index (χ3n) is 3.78. The Balaban J connectivity index is 2.46. The lowest BCUT2D eigenvalue weighted by Crippen LogP contribution is -2.09. The Kier molecular flexibility index (Phi) is 4.14. The van der Waals surface area contributed by atoms with Crippen LogP contribution < -0.4 is 19.6 Å². The molecular formula is C18H16O7. The molecule has 0 saturated heterocycles. The number of benzene rings is 2. The molecule has 0 bridgehead atoms. The summed E-state index contributed by atoms with van der Waals surface area (Å²) in [7, 11) is 4.14. The first-order valence-corrected chi connectivity index (χ1v) is 7.30. The van der Waals surface area contributed by atoms with E-state index in [9.17, 15) is 15.0 Å². The molecule has 0 amide bonds. The summed E-state index contributed by atoms with van der Waals surface area (Å²) in [6.07, 6.45) is 0. The average Bonchev–Trinajstić information content (AvgIpc) is 2.61. The number of phenolic OH excluding ortho intramolecular Hbond substituents is 2. The van der Waals surface area contributed by atoms with Crippen molar-refractivity contribution in [3.8, 4) is 40.1 Å². The predicted octanol–water partition coefficient (Wildman–Crippen LogP) is 2.90. The molecule has 130 valence electrons. The van der Waals surface area contributed by atoms with Crippen molar-refractivity contribution in [1.29, 1.82) is 0 Å². The summed E-state index contributed by atoms with van der Waals surface area (Å²) < 4.78 is 21.5. The standard InChI is InChI=1S/C18H16O7/c1-22-12-8-11(20)13-14(21)18(24-3)15(25-17(13)16(12)23-2)9-4-6-10(19)7-5-9/h4-8,19-20H,1-3H3. The summed E-state index contributed by atoms with van der Waals surface area (Å²) >= 11 is 0. The maximum Gasteiger partial charge on any atom is 0.239 e. The van der Waals surface area contributed by atoms with Crippen LogP contribution in [0.4, 0.5) is 0 Å². The molecule has 0 aliphatic heterocycles. The van der Waals surface area contributed by atoms with Crippen molar-refractivity contribution < 1.29 is 28.8 Å². The van der Waals surface area contributed by atoms with Gasteiger partial charge in [0, 0.05) is 11.6 Å². The molecule has 0 aliphatic rings. The molecule has 0 radical (unpaired) electrons. The number of hydrogen-bond acceptors (Lipinski definition) is 7. The Morgan fingerprint density at radius 1 is 0.920 bits per heavy atom. The molecule has 7 heteroatoms. The molecule has 0 aliphatic carbocycles. The van der Waals surface area contributed by atoms with Crippen LogP contribution >= 0.6 is 0 Å². The molecule has 25 heavy (non-hydrogen) atoms. The van der Waals surface area contributed by atoms with Gasteiger partial charge < -0.3 is 28.8 Å². The minimum absolute atomic E-state index is 0.0354. The van der Waals surface area contributed by atoms with E-state index in [1.54, 1.807) is 12.1 Å². The highest BCUT2D eigenvalue weighted by molar-refractivity contribution is 5.93. The van der Waals surface area contributed by atoms with Crippen molar-refractivity contribution in [2.75, 3.05) is 21.3 Å². The van der Waals surface area contributed by atoms with Gasteiger partial charge in [-0.05, 0) is 24.3 Å². The van der Waals surface area contributed by atoms with Crippen LogP contribution in [0.3, 0.4) is 0 Å². The average molecular weight is 344 g/mol. The van der Waals surface area contributed by atoms with Gasteiger partial charge in [0.2, 0.25) is 16.9 Å². The third kappa shape index (κ3) is 2.59. The first-order valence-electron chi connectivity index (χ1n) is 7.30. The Bertz CT molecular complexity index is 987. The van der Waals surface area contributed by atoms with Crippen molar-refractivity contribution in [3.05, 3.63) is 40.6 Å². The van der Waals surface area contributed by atoms with E-state index in [2.05, 4.69) is 0 Å². The summed E-state index contributed by atoms with van der Waals surface area (Å²) in [6, 6.07) is 7.35. The Hall–Kier alpha value is -3.35. The SMILES string of the molecule is COc1cc(O)c2c(=O)c(OC)c(-c3ccc(O)cc3)oc2c1OC. The maximum atomic E-state index is 12.8. The van der Waals surface area contributed by atoms with Crippen molar-refractivity contribution in [1.82, 2.24) is 0 Å². The fraction of sp³-hybridized carbons (Fsp3) is 0.167. The Labute approximate surface area is 142 Å². The summed E-state index contributed by atoms with van der Waals surface area (Å²) in [5, 5.41) is 19.6. The van der Waals surface area contributed by atoms with Gasteiger partial charge in [-0.1, -0.05) is 0 Å². The number of rotatable bonds is 4. The Morgan fingerprint density at radius 2 is 1.56 bits per heavy atom. The van der Waals surface area contributed by atoms with E-state index >= 15 is 0 Å². The third-order valence-corrected chi connectivity index (χ3v) is 3.78. The Morgan fingerprint density at radius 3 is 2.12 bits per heavy atom. The van der Waals surface area contributed by atoms with Gasteiger partial charge in [0.1, 0.15) is 16.9 Å². The van der Waals surface area contributed by atoms with Gasteiger partial charge in [-0.3, -0.25) is 4.79 Å². The topological polar surface area (TPSA) is 98.4 Å². The van der Waals surface area contributed by atoms with Gasteiger partial charge in [-0.15, -0.1) is 0 Å². The van der Waals surface area contributed by atoms with Crippen LogP contribution in [-0.4, -0.2) is 31.5 Å². The summed E-state index contributed by atoms with van der Waals surface area (Å²) in [6.45, 7) is 0. The first kappa shape index (κ1) is 16.5. The molecule has 2 aromatic carbocycles. The molecule has 2 N–H and O–H groups in total. The second-order valence-electron chi connectivity index (χ2n) is 5.18. The van der Waals surface area contributed by atoms with Gasteiger partial charge in [-0.25, -0.2) is 0 Å². The van der Waals surface area contributed by atoms with Gasteiger partial charge in [0.15, 0.2) is 17.1 Å². The smallest absolute Gasteiger partial charge is 0.239 e. The highest BCUT2D eigenvalue weighted by Gasteiger charge is 2.24. The largest absolute Gasteiger partial charge is 0.508 e. The molecule has 0 fully saturated rings. The zero-order valence-corrected chi connectivity index (χ0v) is 13.8. The molecule has 3 aromatic rings. The zero-order chi connectivity index (χ0) is 18.1. The van der Waals surface area contributed by atoms with E-state index in [1.165, 1.54) is 39.5 Å². The number of aromatic hydroxyl groups is 2. The lowest BCUT2D eigenvalue weighted by molar-refractivity contribution is 0.348. The normalized spacial score (nSPS) is 10.7. The van der Waals surface area contributed by atoms with Gasteiger partial charge >= 0.3 is 0 Å². The first-order chi connectivity index (χ1) is 12.0. The molecule has 0 spiro atoms. The quantitative estimate of drug-likeness (QED) is 0.751. The molecule has 1 aromatic heterocycles. The highest BCUT2D eigenvalue weighted by atomic mass is 16.5. The van der Waals surface area contributed by atoms with Crippen molar-refractivity contribution >= 4 is 11.0 Å². The lowest BCUT2D eigenvalue weighted by atomic mass is 10.1. The van der Waals surface area contributed by atoms with Crippen molar-refractivity contribution in [3.63, 3.8) is 0 Å². The molecule has 0 atom stereocenters. The molecule has 3 rings (SSSR count). The van der Waals surface area contributed by atoms with E-state index in [0.29, 0.717) is 5.56 Å². The minimum atomic E-state index is -0.551. The van der Waals surface area contributed by atoms with E-state index in [-0.39, 0.29) is 45.5 Å². The van der Waals surface area contributed by atoms with E-state index in [1.807, 2.05) is 0 Å². The summed E-state index contributed by atoms with van der Waals surface area (Å²) in [4.78, 5) is 12.8. The number of methoxy groups -OCH3 is 3. The second-order valence-corrected chi connectivity index (χ2v) is 5.18. The van der Waals surface area contributed by atoms with Gasteiger partial charge in [-0.2, -0.15) is 0 Å². The zero-order valence-electron chi connectivity index (χ0n) is 13.8. The fourth-order valence-electron chi connectivity index (χ4n) is 2.62. The van der Waals surface area contributed by atoms with E-state index < -0.39 is 5.43 Å². The van der Waals surface area contributed by atoms with Crippen LogP contribution in [0, 0.1) is 0 Å². The second kappa shape index (κ2) is 6.27. The van der Waals surface area contributed by atoms with Crippen LogP contribution in [-0.2, 0) is 0 Å². The van der Waals surface area contributed by atoms with Crippen molar-refractivity contribution in [2.24, 2.45) is 0 Å². The van der Waals surface area contributed by atoms with E-state index in [4.69, 9.17) is 18.6 Å². The van der Waals surface area contributed by atoms with E-state index in [0.717, 1.165) is 0 Å². The van der Waals surface area contributed by atoms with Crippen molar-refractivity contribution in [2.45, 2.75) is 0 Å². The number of phenols is 2. The van der Waals surface area contributed by atoms with Gasteiger partial charge in [0.05, 0.1) is 21.3 Å². The van der Waals surface area contributed by atoms with Crippen LogP contribution in [0.25, 0.3) is 22.3 Å². The number of hydrogen-bond donors (Lipinski definition) is 2. The minimum Gasteiger partial charge on any atom is -0.508 e. The monoisotopic (exact) mass is 344 g/mol. The summed E-state index contributed by atoms with van der Waals surface area (Å²) in [5.41, 5.74) is -0.00323.